The van der Waals surface area contributed by atoms with E-state index in [1.54, 1.807) is 24.3 Å². The van der Waals surface area contributed by atoms with Gasteiger partial charge in [0.05, 0.1) is 40.0 Å². The van der Waals surface area contributed by atoms with E-state index < -0.39 is 29.0 Å². The SMILES string of the molecule is COc1ccc(C(F)(F)F)c2c1N(c1ccccc1NC(=O)Nc1nc3ccc(F)cc3s1)CC21CCN(CC(C)(C)C)CC1. The third-order valence-electron chi connectivity index (χ3n) is 8.45. The Hall–Kier alpha value is -3.90. The highest BCUT2D eigenvalue weighted by molar-refractivity contribution is 7.22. The molecule has 1 fully saturated rings. The number of carbonyl (C=O) groups excluding carboxylic acids is 1. The first-order valence-electron chi connectivity index (χ1n) is 14.8. The number of likely N-dealkylation sites (tertiary alicyclic amines) is 1. The minimum atomic E-state index is -4.56. The van der Waals surface area contributed by atoms with E-state index in [4.69, 9.17) is 4.74 Å². The molecule has 0 unspecified atom stereocenters. The minimum absolute atomic E-state index is 0.0667. The number of aromatic nitrogens is 1. The van der Waals surface area contributed by atoms with Crippen LogP contribution in [0.15, 0.2) is 54.6 Å². The van der Waals surface area contributed by atoms with E-state index in [9.17, 15) is 22.4 Å². The smallest absolute Gasteiger partial charge is 0.416 e. The van der Waals surface area contributed by atoms with Crippen LogP contribution in [0.4, 0.5) is 44.5 Å². The number of carbonyl (C=O) groups is 1. The number of rotatable bonds is 5. The summed E-state index contributed by atoms with van der Waals surface area (Å²) in [6.45, 7) is 8.99. The van der Waals surface area contributed by atoms with Gasteiger partial charge < -0.3 is 19.9 Å². The van der Waals surface area contributed by atoms with E-state index >= 15 is 0 Å². The molecular weight excluding hydrogens is 606 g/mol. The lowest BCUT2D eigenvalue weighted by Gasteiger charge is -2.42. The Labute approximate surface area is 263 Å². The number of methoxy groups -OCH3 is 1. The zero-order valence-corrected chi connectivity index (χ0v) is 26.3. The van der Waals surface area contributed by atoms with Crippen LogP contribution in [-0.2, 0) is 11.6 Å². The van der Waals surface area contributed by atoms with E-state index in [-0.39, 0.29) is 16.1 Å². The van der Waals surface area contributed by atoms with Crippen molar-refractivity contribution in [3.8, 4) is 5.75 Å². The van der Waals surface area contributed by atoms with Gasteiger partial charge in [0, 0.05) is 18.5 Å². The highest BCUT2D eigenvalue weighted by Crippen LogP contribution is 2.57. The quantitative estimate of drug-likeness (QED) is 0.214. The zero-order valence-electron chi connectivity index (χ0n) is 25.5. The molecule has 4 aromatic rings. The molecule has 0 radical (unpaired) electrons. The van der Waals surface area contributed by atoms with Gasteiger partial charge in [0.2, 0.25) is 0 Å². The highest BCUT2D eigenvalue weighted by atomic mass is 32.1. The van der Waals surface area contributed by atoms with Crippen molar-refractivity contribution in [3.05, 3.63) is 71.5 Å². The number of benzene rings is 3. The van der Waals surface area contributed by atoms with E-state index in [0.29, 0.717) is 65.5 Å². The minimum Gasteiger partial charge on any atom is -0.495 e. The molecule has 0 saturated carbocycles. The van der Waals surface area contributed by atoms with Crippen LogP contribution >= 0.6 is 11.3 Å². The van der Waals surface area contributed by atoms with Crippen molar-refractivity contribution in [2.45, 2.75) is 45.2 Å². The molecule has 1 saturated heterocycles. The first kappa shape index (κ1) is 31.1. The van der Waals surface area contributed by atoms with Crippen molar-refractivity contribution in [2.24, 2.45) is 5.41 Å². The number of nitrogens with one attached hydrogen (secondary N) is 2. The number of alkyl halides is 3. The second-order valence-electron chi connectivity index (χ2n) is 13.0. The van der Waals surface area contributed by atoms with Gasteiger partial charge in [-0.25, -0.2) is 14.2 Å². The summed E-state index contributed by atoms with van der Waals surface area (Å²) >= 11 is 1.14. The third kappa shape index (κ3) is 6.17. The van der Waals surface area contributed by atoms with Gasteiger partial charge in [0.1, 0.15) is 11.6 Å². The van der Waals surface area contributed by atoms with Crippen LogP contribution in [0.2, 0.25) is 0 Å². The van der Waals surface area contributed by atoms with Gasteiger partial charge in [-0.1, -0.05) is 44.2 Å². The van der Waals surface area contributed by atoms with E-state index in [2.05, 4.69) is 41.3 Å². The van der Waals surface area contributed by atoms with Crippen LogP contribution in [0.1, 0.15) is 44.7 Å². The molecule has 0 bridgehead atoms. The molecule has 0 aliphatic carbocycles. The molecule has 2 N–H and O–H groups in total. The molecule has 2 aliphatic heterocycles. The number of piperidine rings is 1. The van der Waals surface area contributed by atoms with Crippen LogP contribution in [0.3, 0.4) is 0 Å². The molecule has 3 heterocycles. The van der Waals surface area contributed by atoms with Crippen molar-refractivity contribution in [2.75, 3.05) is 48.8 Å². The van der Waals surface area contributed by atoms with Gasteiger partial charge in [-0.2, -0.15) is 13.2 Å². The lowest BCUT2D eigenvalue weighted by atomic mass is 9.72. The van der Waals surface area contributed by atoms with Crippen molar-refractivity contribution < 1.29 is 27.1 Å². The Bertz CT molecular complexity index is 1740. The summed E-state index contributed by atoms with van der Waals surface area (Å²) in [6.07, 6.45) is -3.45. The second-order valence-corrected chi connectivity index (χ2v) is 14.0. The molecule has 7 nitrogen and oxygen atoms in total. The van der Waals surface area contributed by atoms with Gasteiger partial charge in [0.15, 0.2) is 5.13 Å². The molecule has 0 atom stereocenters. The van der Waals surface area contributed by atoms with Crippen molar-refractivity contribution >= 4 is 49.8 Å². The average molecular weight is 642 g/mol. The first-order valence-corrected chi connectivity index (χ1v) is 15.6. The molecule has 1 spiro atoms. The van der Waals surface area contributed by atoms with Crippen LogP contribution in [0.25, 0.3) is 10.2 Å². The van der Waals surface area contributed by atoms with Gasteiger partial charge in [-0.15, -0.1) is 0 Å². The topological polar surface area (TPSA) is 69.7 Å². The fourth-order valence-corrected chi connectivity index (χ4v) is 7.57. The zero-order chi connectivity index (χ0) is 32.1. The van der Waals surface area contributed by atoms with Crippen LogP contribution in [-0.4, -0.2) is 49.2 Å². The van der Waals surface area contributed by atoms with Crippen LogP contribution in [0, 0.1) is 11.2 Å². The van der Waals surface area contributed by atoms with E-state index in [0.717, 1.165) is 23.9 Å². The maximum absolute atomic E-state index is 14.6. The molecule has 1 aromatic heterocycles. The summed E-state index contributed by atoms with van der Waals surface area (Å²) in [6, 6.07) is 13.1. The number of thiazole rings is 1. The number of ether oxygens (including phenoxy) is 1. The molecule has 2 aliphatic rings. The fraction of sp³-hybridized carbons (Fsp3) is 0.394. The first-order chi connectivity index (χ1) is 21.3. The lowest BCUT2D eigenvalue weighted by molar-refractivity contribution is -0.138. The van der Waals surface area contributed by atoms with Crippen molar-refractivity contribution in [1.82, 2.24) is 9.88 Å². The Morgan fingerprint density at radius 1 is 1.04 bits per heavy atom. The fourth-order valence-electron chi connectivity index (χ4n) is 6.68. The second kappa shape index (κ2) is 11.5. The number of fused-ring (bicyclic) bond motifs is 3. The molecule has 45 heavy (non-hydrogen) atoms. The number of para-hydroxylation sites is 2. The van der Waals surface area contributed by atoms with Crippen LogP contribution < -0.4 is 20.3 Å². The Balaban J connectivity index is 1.36. The number of amides is 2. The third-order valence-corrected chi connectivity index (χ3v) is 9.39. The molecular formula is C33H35F4N5O2S. The standard InChI is InChI=1S/C33H35F4N5O2S/c1-31(2,3)18-41-15-13-32(14-16-41)19-42(28-25(44-4)12-10-21(27(28)32)33(35,36)37)24-8-6-5-7-22(24)38-29(43)40-30-39-23-11-9-20(34)17-26(23)45-30/h5-12,17H,13-16,18-19H2,1-4H3,(H2,38,39,40,43). The summed E-state index contributed by atoms with van der Waals surface area (Å²) in [7, 11) is 1.46. The number of hydrogen-bond acceptors (Lipinski definition) is 6. The Morgan fingerprint density at radius 3 is 2.47 bits per heavy atom. The van der Waals surface area contributed by atoms with E-state index in [1.807, 2.05) is 4.90 Å². The molecule has 238 valence electrons. The van der Waals surface area contributed by atoms with Gasteiger partial charge in [-0.05, 0) is 79.4 Å². The van der Waals surface area contributed by atoms with Crippen molar-refractivity contribution in [3.63, 3.8) is 0 Å². The highest BCUT2D eigenvalue weighted by Gasteiger charge is 2.52. The summed E-state index contributed by atoms with van der Waals surface area (Å²) in [5.74, 6) is -0.0586. The lowest BCUT2D eigenvalue weighted by Crippen LogP contribution is -2.47. The summed E-state index contributed by atoms with van der Waals surface area (Å²) in [5.41, 5.74) is 0.788. The summed E-state index contributed by atoms with van der Waals surface area (Å²) in [4.78, 5) is 21.7. The number of hydrogen-bond donors (Lipinski definition) is 2. The monoisotopic (exact) mass is 641 g/mol. The number of anilines is 4. The van der Waals surface area contributed by atoms with Gasteiger partial charge in [0.25, 0.3) is 0 Å². The maximum Gasteiger partial charge on any atom is 0.416 e. The Morgan fingerprint density at radius 2 is 1.78 bits per heavy atom. The van der Waals surface area contributed by atoms with Gasteiger partial charge in [-0.3, -0.25) is 5.32 Å². The van der Waals surface area contributed by atoms with E-state index in [1.165, 1.54) is 31.4 Å². The summed E-state index contributed by atoms with van der Waals surface area (Å²) < 4.78 is 63.9. The molecule has 3 aromatic carbocycles. The Kier molecular flexibility index (Phi) is 7.93. The summed E-state index contributed by atoms with van der Waals surface area (Å²) in [5, 5.41) is 5.85. The molecule has 2 amide bonds. The average Bonchev–Trinajstić information content (AvgIpc) is 3.51. The van der Waals surface area contributed by atoms with Crippen molar-refractivity contribution in [1.29, 1.82) is 0 Å². The maximum atomic E-state index is 14.6. The number of nitrogens with zero attached hydrogens (tertiary/aromatic N) is 3. The molecule has 6 rings (SSSR count). The number of urea groups is 1. The van der Waals surface area contributed by atoms with Gasteiger partial charge >= 0.3 is 12.2 Å². The predicted octanol–water partition coefficient (Wildman–Crippen LogP) is 8.64. The number of halogens is 4. The normalized spacial score (nSPS) is 16.7. The molecule has 12 heteroatoms. The predicted molar refractivity (Wildman–Crippen MR) is 170 cm³/mol. The largest absolute Gasteiger partial charge is 0.495 e. The van der Waals surface area contributed by atoms with Crippen LogP contribution in [0.5, 0.6) is 5.75 Å².